The molecule has 0 radical (unpaired) electrons. The van der Waals surface area contributed by atoms with Crippen molar-refractivity contribution < 1.29 is 15.0 Å². The molecule has 0 spiro atoms. The zero-order valence-corrected chi connectivity index (χ0v) is 14.4. The van der Waals surface area contributed by atoms with Crippen molar-refractivity contribution in [3.8, 4) is 0 Å². The Kier molecular flexibility index (Phi) is 5.82. The van der Waals surface area contributed by atoms with E-state index in [0.717, 1.165) is 31.2 Å². The first-order chi connectivity index (χ1) is 10.8. The second-order valence-electron chi connectivity index (χ2n) is 7.68. The van der Waals surface area contributed by atoms with E-state index in [1.807, 2.05) is 12.1 Å². The van der Waals surface area contributed by atoms with Crippen molar-refractivity contribution in [2.75, 3.05) is 6.54 Å². The van der Waals surface area contributed by atoms with Gasteiger partial charge in [0.05, 0.1) is 12.0 Å². The van der Waals surface area contributed by atoms with Crippen LogP contribution in [0.5, 0.6) is 0 Å². The maximum atomic E-state index is 10.9. The van der Waals surface area contributed by atoms with E-state index in [1.165, 1.54) is 5.56 Å². The van der Waals surface area contributed by atoms with Gasteiger partial charge < -0.3 is 15.5 Å². The van der Waals surface area contributed by atoms with Crippen LogP contribution in [0.1, 0.15) is 63.7 Å². The number of carboxylic acids is 1. The molecule has 1 saturated carbocycles. The van der Waals surface area contributed by atoms with Gasteiger partial charge >= 0.3 is 5.97 Å². The zero-order chi connectivity index (χ0) is 17.0. The number of nitrogens with one attached hydrogen (secondary N) is 1. The number of carboxylic acid groups (broad SMARTS) is 1. The highest BCUT2D eigenvalue weighted by molar-refractivity contribution is 5.70. The van der Waals surface area contributed by atoms with E-state index in [9.17, 15) is 9.90 Å². The molecule has 1 aliphatic rings. The molecule has 1 unspecified atom stereocenters. The first-order valence-corrected chi connectivity index (χ1v) is 8.52. The van der Waals surface area contributed by atoms with Crippen LogP contribution in [0.25, 0.3) is 0 Å². The minimum absolute atomic E-state index is 0.116. The molecule has 1 aliphatic carbocycles. The normalized spacial score (nSPS) is 23.5. The summed E-state index contributed by atoms with van der Waals surface area (Å²) in [7, 11) is 0. The van der Waals surface area contributed by atoms with Crippen LogP contribution in [-0.4, -0.2) is 28.8 Å². The topological polar surface area (TPSA) is 69.6 Å². The molecule has 4 heteroatoms. The lowest BCUT2D eigenvalue weighted by atomic mass is 9.85. The average Bonchev–Trinajstić information content (AvgIpc) is 2.52. The summed E-state index contributed by atoms with van der Waals surface area (Å²) in [6.45, 7) is 7.03. The lowest BCUT2D eigenvalue weighted by Crippen LogP contribution is -2.37. The zero-order valence-electron chi connectivity index (χ0n) is 14.4. The van der Waals surface area contributed by atoms with Gasteiger partial charge in [-0.3, -0.25) is 4.79 Å². The number of hydrogen-bond acceptors (Lipinski definition) is 3. The highest BCUT2D eigenvalue weighted by atomic mass is 16.4. The minimum Gasteiger partial charge on any atom is -0.481 e. The summed E-state index contributed by atoms with van der Waals surface area (Å²) in [4.78, 5) is 10.9. The van der Waals surface area contributed by atoms with Gasteiger partial charge in [0.25, 0.3) is 0 Å². The molecular formula is C19H29NO3. The number of carbonyl (C=O) groups is 1. The van der Waals surface area contributed by atoms with E-state index in [-0.39, 0.29) is 11.3 Å². The van der Waals surface area contributed by atoms with E-state index >= 15 is 0 Å². The van der Waals surface area contributed by atoms with Crippen LogP contribution in [0, 0.1) is 5.92 Å². The van der Waals surface area contributed by atoms with Gasteiger partial charge in [0, 0.05) is 12.6 Å². The van der Waals surface area contributed by atoms with Crippen LogP contribution in [0.15, 0.2) is 24.3 Å². The predicted octanol–water partition coefficient (Wildman–Crippen LogP) is 3.25. The van der Waals surface area contributed by atoms with Gasteiger partial charge in [-0.05, 0) is 42.2 Å². The SMILES string of the molecule is CC(C)(C)c1ccc(C(O)CNC2CCC(C(=O)O)CC2)cc1. The largest absolute Gasteiger partial charge is 0.481 e. The van der Waals surface area contributed by atoms with Gasteiger partial charge in [-0.1, -0.05) is 45.0 Å². The van der Waals surface area contributed by atoms with Gasteiger partial charge in [0.1, 0.15) is 0 Å². The first kappa shape index (κ1) is 18.0. The summed E-state index contributed by atoms with van der Waals surface area (Å²) in [6.07, 6.45) is 2.66. The molecule has 1 fully saturated rings. The van der Waals surface area contributed by atoms with E-state index < -0.39 is 12.1 Å². The summed E-state index contributed by atoms with van der Waals surface area (Å²) < 4.78 is 0. The number of aliphatic hydroxyl groups excluding tert-OH is 1. The van der Waals surface area contributed by atoms with E-state index in [1.54, 1.807) is 0 Å². The van der Waals surface area contributed by atoms with Crippen molar-refractivity contribution in [1.82, 2.24) is 5.32 Å². The summed E-state index contributed by atoms with van der Waals surface area (Å²) in [5.41, 5.74) is 2.29. The van der Waals surface area contributed by atoms with Crippen molar-refractivity contribution >= 4 is 5.97 Å². The number of aliphatic hydroxyl groups is 1. The molecule has 0 aromatic heterocycles. The van der Waals surface area contributed by atoms with Crippen molar-refractivity contribution in [3.63, 3.8) is 0 Å². The minimum atomic E-state index is -0.678. The third-order valence-electron chi connectivity index (χ3n) is 4.84. The number of benzene rings is 1. The Hall–Kier alpha value is -1.39. The number of hydrogen-bond donors (Lipinski definition) is 3. The van der Waals surface area contributed by atoms with Crippen molar-refractivity contribution in [1.29, 1.82) is 0 Å². The second-order valence-corrected chi connectivity index (χ2v) is 7.68. The Balaban J connectivity index is 1.81. The van der Waals surface area contributed by atoms with Gasteiger partial charge in [-0.2, -0.15) is 0 Å². The van der Waals surface area contributed by atoms with Crippen LogP contribution < -0.4 is 5.32 Å². The Labute approximate surface area is 138 Å². The van der Waals surface area contributed by atoms with E-state index in [0.29, 0.717) is 12.6 Å². The molecule has 1 aromatic rings. The van der Waals surface area contributed by atoms with Crippen LogP contribution >= 0.6 is 0 Å². The van der Waals surface area contributed by atoms with E-state index in [4.69, 9.17) is 5.11 Å². The molecule has 128 valence electrons. The van der Waals surface area contributed by atoms with Gasteiger partial charge in [0.15, 0.2) is 0 Å². The summed E-state index contributed by atoms with van der Waals surface area (Å²) in [6, 6.07) is 8.46. The fraction of sp³-hybridized carbons (Fsp3) is 0.632. The molecule has 3 N–H and O–H groups in total. The summed E-state index contributed by atoms with van der Waals surface area (Å²) >= 11 is 0. The molecular weight excluding hydrogens is 290 g/mol. The van der Waals surface area contributed by atoms with Crippen LogP contribution in [-0.2, 0) is 10.2 Å². The standard InChI is InChI=1S/C19H29NO3/c1-19(2,3)15-8-4-13(5-9-15)17(21)12-20-16-10-6-14(7-11-16)18(22)23/h4-5,8-9,14,16-17,20-21H,6-7,10-12H2,1-3H3,(H,22,23). The quantitative estimate of drug-likeness (QED) is 0.779. The van der Waals surface area contributed by atoms with Crippen LogP contribution in [0.2, 0.25) is 0 Å². The van der Waals surface area contributed by atoms with Crippen LogP contribution in [0.4, 0.5) is 0 Å². The fourth-order valence-electron chi connectivity index (χ4n) is 3.15. The predicted molar refractivity (Wildman–Crippen MR) is 91.5 cm³/mol. The molecule has 1 aromatic carbocycles. The molecule has 0 saturated heterocycles. The lowest BCUT2D eigenvalue weighted by Gasteiger charge is -2.28. The fourth-order valence-corrected chi connectivity index (χ4v) is 3.15. The van der Waals surface area contributed by atoms with Crippen molar-refractivity contribution in [3.05, 3.63) is 35.4 Å². The first-order valence-electron chi connectivity index (χ1n) is 8.52. The number of aliphatic carboxylic acids is 1. The summed E-state index contributed by atoms with van der Waals surface area (Å²) in [5.74, 6) is -0.870. The third-order valence-corrected chi connectivity index (χ3v) is 4.84. The van der Waals surface area contributed by atoms with E-state index in [2.05, 4.69) is 38.2 Å². The lowest BCUT2D eigenvalue weighted by molar-refractivity contribution is -0.142. The molecule has 0 heterocycles. The third kappa shape index (κ3) is 5.05. The molecule has 2 rings (SSSR count). The Morgan fingerprint density at radius 1 is 1.17 bits per heavy atom. The summed E-state index contributed by atoms with van der Waals surface area (Å²) in [5, 5.41) is 22.7. The Morgan fingerprint density at radius 2 is 1.74 bits per heavy atom. The van der Waals surface area contributed by atoms with Gasteiger partial charge in [0.2, 0.25) is 0 Å². The monoisotopic (exact) mass is 319 g/mol. The van der Waals surface area contributed by atoms with Gasteiger partial charge in [-0.15, -0.1) is 0 Å². The molecule has 4 nitrogen and oxygen atoms in total. The highest BCUT2D eigenvalue weighted by Crippen LogP contribution is 2.26. The maximum absolute atomic E-state index is 10.9. The van der Waals surface area contributed by atoms with Crippen molar-refractivity contribution in [2.24, 2.45) is 5.92 Å². The maximum Gasteiger partial charge on any atom is 0.306 e. The Morgan fingerprint density at radius 3 is 2.22 bits per heavy atom. The van der Waals surface area contributed by atoms with Crippen molar-refractivity contribution in [2.45, 2.75) is 64.0 Å². The highest BCUT2D eigenvalue weighted by Gasteiger charge is 2.26. The smallest absolute Gasteiger partial charge is 0.306 e. The molecule has 0 amide bonds. The second kappa shape index (κ2) is 7.45. The Bertz CT molecular complexity index is 510. The van der Waals surface area contributed by atoms with Crippen LogP contribution in [0.3, 0.4) is 0 Å². The molecule has 0 bridgehead atoms. The molecule has 1 atom stereocenters. The number of rotatable bonds is 5. The average molecular weight is 319 g/mol. The molecule has 0 aliphatic heterocycles. The van der Waals surface area contributed by atoms with Gasteiger partial charge in [-0.25, -0.2) is 0 Å². The molecule has 23 heavy (non-hydrogen) atoms.